The predicted molar refractivity (Wildman–Crippen MR) is 80.3 cm³/mol. The zero-order valence-electron chi connectivity index (χ0n) is 10.7. The van der Waals surface area contributed by atoms with Crippen molar-refractivity contribution in [1.29, 1.82) is 5.41 Å². The average molecular weight is 292 g/mol. The smallest absolute Gasteiger partial charge is 0.125 e. The number of nitrogen functional groups attached to an aromatic ring is 1. The van der Waals surface area contributed by atoms with E-state index in [1.165, 1.54) is 11.8 Å². The van der Waals surface area contributed by atoms with Crippen molar-refractivity contribution in [2.24, 2.45) is 5.73 Å². The van der Waals surface area contributed by atoms with Crippen LogP contribution in [0.5, 0.6) is 0 Å². The van der Waals surface area contributed by atoms with Crippen molar-refractivity contribution in [3.8, 4) is 0 Å². The van der Waals surface area contributed by atoms with Gasteiger partial charge >= 0.3 is 0 Å². The molecule has 0 amide bonds. The molecule has 0 aliphatic carbocycles. The normalized spacial score (nSPS) is 10.5. The number of aromatic nitrogens is 1. The van der Waals surface area contributed by atoms with Crippen LogP contribution < -0.4 is 5.73 Å². The molecule has 0 saturated carbocycles. The number of nitrogens with one attached hydrogen (secondary N) is 1. The van der Waals surface area contributed by atoms with Gasteiger partial charge in [-0.2, -0.15) is 0 Å². The molecule has 2 aromatic rings. The molecule has 98 valence electrons. The first-order valence-electron chi connectivity index (χ1n) is 5.73. The van der Waals surface area contributed by atoms with Gasteiger partial charge in [0.1, 0.15) is 10.9 Å². The van der Waals surface area contributed by atoms with Crippen LogP contribution in [0.25, 0.3) is 0 Å². The highest BCUT2D eigenvalue weighted by atomic mass is 35.5. The van der Waals surface area contributed by atoms with Crippen LogP contribution in [0.15, 0.2) is 40.3 Å². The maximum Gasteiger partial charge on any atom is 0.125 e. The number of nitrogens with zero attached hydrogens (tertiary/aromatic N) is 1. The summed E-state index contributed by atoms with van der Waals surface area (Å²) >= 11 is 7.44. The summed E-state index contributed by atoms with van der Waals surface area (Å²) < 4.78 is 0. The summed E-state index contributed by atoms with van der Waals surface area (Å²) in [6, 6.07) is 9.47. The molecule has 3 N–H and O–H groups in total. The van der Waals surface area contributed by atoms with Crippen LogP contribution in [-0.4, -0.2) is 10.8 Å². The van der Waals surface area contributed by atoms with Crippen LogP contribution in [0.2, 0.25) is 5.02 Å². The molecule has 3 nitrogen and oxygen atoms in total. The Morgan fingerprint density at radius 1 is 1.32 bits per heavy atom. The van der Waals surface area contributed by atoms with Gasteiger partial charge in [-0.3, -0.25) is 5.41 Å². The Bertz CT molecular complexity index is 641. The molecule has 0 spiro atoms. The van der Waals surface area contributed by atoms with E-state index in [0.717, 1.165) is 21.2 Å². The fourth-order valence-corrected chi connectivity index (χ4v) is 3.22. The zero-order valence-corrected chi connectivity index (χ0v) is 12.3. The third-order valence-electron chi connectivity index (χ3n) is 2.59. The molecule has 19 heavy (non-hydrogen) atoms. The summed E-state index contributed by atoms with van der Waals surface area (Å²) in [5.74, 6) is 0.0366. The minimum atomic E-state index is 0.0366. The standard InChI is InChI=1S/C14H14ClN3S/c1-8-6-9(2)18-14(12(8)13(16)17)19-11-5-3-4-10(15)7-11/h3-7H,1-2H3,(H3,16,17). The van der Waals surface area contributed by atoms with E-state index in [9.17, 15) is 0 Å². The minimum Gasteiger partial charge on any atom is -0.384 e. The topological polar surface area (TPSA) is 62.8 Å². The van der Waals surface area contributed by atoms with Crippen LogP contribution in [0.1, 0.15) is 16.8 Å². The Kier molecular flexibility index (Phi) is 4.12. The third-order valence-corrected chi connectivity index (χ3v) is 3.80. The van der Waals surface area contributed by atoms with E-state index in [-0.39, 0.29) is 5.84 Å². The molecule has 5 heteroatoms. The largest absolute Gasteiger partial charge is 0.384 e. The molecular weight excluding hydrogens is 278 g/mol. The SMILES string of the molecule is Cc1cc(C)c(C(=N)N)c(Sc2cccc(Cl)c2)n1. The predicted octanol–water partition coefficient (Wildman–Crippen LogP) is 3.79. The molecular formula is C14H14ClN3S. The summed E-state index contributed by atoms with van der Waals surface area (Å²) in [6.07, 6.45) is 0. The Balaban J connectivity index is 2.47. The fraction of sp³-hybridized carbons (Fsp3) is 0.143. The van der Waals surface area contributed by atoms with Crippen molar-refractivity contribution in [1.82, 2.24) is 4.98 Å². The van der Waals surface area contributed by atoms with Gasteiger partial charge < -0.3 is 5.73 Å². The Morgan fingerprint density at radius 3 is 2.68 bits per heavy atom. The molecule has 0 saturated heterocycles. The number of nitrogens with two attached hydrogens (primary N) is 1. The molecule has 0 atom stereocenters. The summed E-state index contributed by atoms with van der Waals surface area (Å²) in [7, 11) is 0. The van der Waals surface area contributed by atoms with Crippen molar-refractivity contribution in [3.05, 3.63) is 52.2 Å². The Labute approximate surface area is 121 Å². The van der Waals surface area contributed by atoms with E-state index in [2.05, 4.69) is 4.98 Å². The third kappa shape index (κ3) is 3.28. The van der Waals surface area contributed by atoms with Gasteiger partial charge in [0.05, 0.1) is 5.56 Å². The summed E-state index contributed by atoms with van der Waals surface area (Å²) in [5.41, 5.74) is 8.22. The van der Waals surface area contributed by atoms with Crippen molar-refractivity contribution in [3.63, 3.8) is 0 Å². The number of hydrogen-bond acceptors (Lipinski definition) is 3. The Morgan fingerprint density at radius 2 is 2.05 bits per heavy atom. The van der Waals surface area contributed by atoms with Gasteiger partial charge in [-0.05, 0) is 43.7 Å². The second-order valence-electron chi connectivity index (χ2n) is 4.23. The number of amidine groups is 1. The van der Waals surface area contributed by atoms with Gasteiger partial charge in [-0.15, -0.1) is 0 Å². The van der Waals surface area contributed by atoms with Crippen molar-refractivity contribution in [2.45, 2.75) is 23.8 Å². The number of rotatable bonds is 3. The first-order chi connectivity index (χ1) is 8.97. The lowest BCUT2D eigenvalue weighted by atomic mass is 10.1. The first kappa shape index (κ1) is 13.9. The summed E-state index contributed by atoms with van der Waals surface area (Å²) in [5, 5.41) is 9.12. The lowest BCUT2D eigenvalue weighted by molar-refractivity contribution is 1.03. The minimum absolute atomic E-state index is 0.0366. The van der Waals surface area contributed by atoms with Crippen LogP contribution in [0, 0.1) is 19.3 Å². The highest BCUT2D eigenvalue weighted by Crippen LogP contribution is 2.31. The highest BCUT2D eigenvalue weighted by Gasteiger charge is 2.13. The molecule has 1 aromatic heterocycles. The molecule has 0 aliphatic rings. The first-order valence-corrected chi connectivity index (χ1v) is 6.93. The quantitative estimate of drug-likeness (QED) is 0.668. The number of pyridine rings is 1. The lowest BCUT2D eigenvalue weighted by Gasteiger charge is -2.11. The molecule has 2 rings (SSSR count). The number of benzene rings is 1. The molecule has 0 bridgehead atoms. The molecule has 0 aliphatic heterocycles. The van der Waals surface area contributed by atoms with Crippen LogP contribution in [-0.2, 0) is 0 Å². The van der Waals surface area contributed by atoms with E-state index < -0.39 is 0 Å². The van der Waals surface area contributed by atoms with Gasteiger partial charge in [0.25, 0.3) is 0 Å². The number of hydrogen-bond donors (Lipinski definition) is 2. The van der Waals surface area contributed by atoms with Crippen LogP contribution >= 0.6 is 23.4 Å². The molecule has 0 radical (unpaired) electrons. The average Bonchev–Trinajstić information content (AvgIpc) is 2.26. The lowest BCUT2D eigenvalue weighted by Crippen LogP contribution is -2.15. The summed E-state index contributed by atoms with van der Waals surface area (Å²) in [4.78, 5) is 5.46. The van der Waals surface area contributed by atoms with Gasteiger partial charge in [0.2, 0.25) is 0 Å². The van der Waals surface area contributed by atoms with Crippen LogP contribution in [0.3, 0.4) is 0 Å². The second kappa shape index (κ2) is 5.63. The number of aryl methyl sites for hydroxylation is 2. The van der Waals surface area contributed by atoms with Gasteiger partial charge in [0, 0.05) is 15.6 Å². The van der Waals surface area contributed by atoms with Crippen molar-refractivity contribution in [2.75, 3.05) is 0 Å². The van der Waals surface area contributed by atoms with Crippen molar-refractivity contribution < 1.29 is 0 Å². The van der Waals surface area contributed by atoms with E-state index in [1.54, 1.807) is 0 Å². The fourth-order valence-electron chi connectivity index (χ4n) is 1.85. The monoisotopic (exact) mass is 291 g/mol. The number of halogens is 1. The molecule has 0 unspecified atom stereocenters. The Hall–Kier alpha value is -1.52. The van der Waals surface area contributed by atoms with E-state index >= 15 is 0 Å². The van der Waals surface area contributed by atoms with Gasteiger partial charge in [-0.1, -0.05) is 29.4 Å². The van der Waals surface area contributed by atoms with Crippen molar-refractivity contribution >= 4 is 29.2 Å². The van der Waals surface area contributed by atoms with Gasteiger partial charge in [0.15, 0.2) is 0 Å². The summed E-state index contributed by atoms with van der Waals surface area (Å²) in [6.45, 7) is 3.87. The molecule has 1 aromatic carbocycles. The van der Waals surface area contributed by atoms with E-state index in [1.807, 2.05) is 44.2 Å². The zero-order chi connectivity index (χ0) is 14.0. The maximum atomic E-state index is 7.69. The van der Waals surface area contributed by atoms with Crippen LogP contribution in [0.4, 0.5) is 0 Å². The van der Waals surface area contributed by atoms with E-state index in [4.69, 9.17) is 22.7 Å². The second-order valence-corrected chi connectivity index (χ2v) is 5.73. The van der Waals surface area contributed by atoms with Gasteiger partial charge in [-0.25, -0.2) is 4.98 Å². The maximum absolute atomic E-state index is 7.69. The molecule has 0 fully saturated rings. The molecule has 1 heterocycles. The highest BCUT2D eigenvalue weighted by molar-refractivity contribution is 7.99. The van der Waals surface area contributed by atoms with E-state index in [0.29, 0.717) is 10.6 Å².